The van der Waals surface area contributed by atoms with Gasteiger partial charge in [-0.25, -0.2) is 4.98 Å². The number of carbonyl (C=O) groups is 1. The van der Waals surface area contributed by atoms with Crippen LogP contribution >= 0.6 is 0 Å². The van der Waals surface area contributed by atoms with Gasteiger partial charge >= 0.3 is 0 Å². The molecule has 0 spiro atoms. The number of piperidine rings is 1. The first-order chi connectivity index (χ1) is 14.2. The van der Waals surface area contributed by atoms with Crippen molar-refractivity contribution in [3.63, 3.8) is 0 Å². The van der Waals surface area contributed by atoms with Crippen LogP contribution in [-0.2, 0) is 17.6 Å². The van der Waals surface area contributed by atoms with E-state index in [1.807, 2.05) is 35.0 Å². The number of likely N-dealkylation sites (N-methyl/N-ethyl adjacent to an activating group) is 1. The second-order valence-corrected chi connectivity index (χ2v) is 8.05. The maximum absolute atomic E-state index is 12.8. The summed E-state index contributed by atoms with van der Waals surface area (Å²) in [5.74, 6) is 0.253. The third-order valence-electron chi connectivity index (χ3n) is 5.98. The Morgan fingerprint density at radius 2 is 1.97 bits per heavy atom. The van der Waals surface area contributed by atoms with Crippen molar-refractivity contribution in [2.24, 2.45) is 0 Å². The third kappa shape index (κ3) is 5.04. The number of amides is 1. The summed E-state index contributed by atoms with van der Waals surface area (Å²) in [5, 5.41) is 0. The fraction of sp³-hybridized carbons (Fsp3) is 0.417. The molecule has 1 aromatic carbocycles. The van der Waals surface area contributed by atoms with Gasteiger partial charge in [0, 0.05) is 44.5 Å². The average molecular weight is 391 g/mol. The smallest absolute Gasteiger partial charge is 0.223 e. The first-order valence-electron chi connectivity index (χ1n) is 10.6. The number of likely N-dealkylation sites (tertiary alicyclic amines) is 1. The van der Waals surface area contributed by atoms with Crippen LogP contribution in [0.4, 0.5) is 0 Å². The Morgan fingerprint density at radius 1 is 1.14 bits per heavy atom. The van der Waals surface area contributed by atoms with Crippen molar-refractivity contribution >= 4 is 11.6 Å². The fourth-order valence-corrected chi connectivity index (χ4v) is 4.17. The summed E-state index contributed by atoms with van der Waals surface area (Å²) in [5.41, 5.74) is 3.29. The van der Waals surface area contributed by atoms with Gasteiger partial charge in [0.1, 0.15) is 5.65 Å². The van der Waals surface area contributed by atoms with Crippen LogP contribution in [0.25, 0.3) is 5.65 Å². The third-order valence-corrected chi connectivity index (χ3v) is 5.98. The summed E-state index contributed by atoms with van der Waals surface area (Å²) in [6.45, 7) is 2.75. The van der Waals surface area contributed by atoms with Gasteiger partial charge in [-0.05, 0) is 50.4 Å². The lowest BCUT2D eigenvalue weighted by molar-refractivity contribution is -0.133. The lowest BCUT2D eigenvalue weighted by Crippen LogP contribution is -2.49. The zero-order valence-electron chi connectivity index (χ0n) is 17.2. The Balaban J connectivity index is 1.27. The number of imidazole rings is 1. The molecule has 4 rings (SSSR count). The number of benzene rings is 1. The van der Waals surface area contributed by atoms with Gasteiger partial charge in [0.25, 0.3) is 0 Å². The molecule has 5 heteroatoms. The maximum Gasteiger partial charge on any atom is 0.223 e. The molecule has 1 aliphatic heterocycles. The molecular formula is C24H30N4O. The largest absolute Gasteiger partial charge is 0.341 e. The Hall–Kier alpha value is -2.66. The van der Waals surface area contributed by atoms with E-state index in [1.165, 1.54) is 12.0 Å². The van der Waals surface area contributed by atoms with Gasteiger partial charge in [0.05, 0.1) is 5.69 Å². The van der Waals surface area contributed by atoms with Crippen LogP contribution in [0.15, 0.2) is 60.9 Å². The molecule has 3 heterocycles. The quantitative estimate of drug-likeness (QED) is 0.621. The van der Waals surface area contributed by atoms with Crippen molar-refractivity contribution in [1.82, 2.24) is 19.2 Å². The van der Waals surface area contributed by atoms with Crippen LogP contribution < -0.4 is 0 Å². The van der Waals surface area contributed by atoms with E-state index in [4.69, 9.17) is 0 Å². The number of pyridine rings is 1. The average Bonchev–Trinajstić information content (AvgIpc) is 3.19. The molecule has 5 nitrogen and oxygen atoms in total. The van der Waals surface area contributed by atoms with E-state index in [1.54, 1.807) is 0 Å². The molecule has 0 radical (unpaired) electrons. The van der Waals surface area contributed by atoms with Gasteiger partial charge in [-0.15, -0.1) is 0 Å². The molecule has 1 atom stereocenters. The number of hydrogen-bond acceptors (Lipinski definition) is 3. The molecular weight excluding hydrogens is 360 g/mol. The lowest BCUT2D eigenvalue weighted by atomic mass is 10.0. The summed E-state index contributed by atoms with van der Waals surface area (Å²) in [6.07, 6.45) is 8.56. The van der Waals surface area contributed by atoms with Crippen molar-refractivity contribution < 1.29 is 4.79 Å². The minimum atomic E-state index is 0.253. The molecule has 29 heavy (non-hydrogen) atoms. The van der Waals surface area contributed by atoms with E-state index in [-0.39, 0.29) is 5.91 Å². The molecule has 1 fully saturated rings. The number of hydrogen-bond donors (Lipinski definition) is 0. The zero-order chi connectivity index (χ0) is 20.1. The summed E-state index contributed by atoms with van der Waals surface area (Å²) in [7, 11) is 2.19. The molecule has 1 amide bonds. The molecule has 0 bridgehead atoms. The van der Waals surface area contributed by atoms with Crippen LogP contribution in [0, 0.1) is 0 Å². The number of rotatable bonds is 7. The molecule has 3 aromatic rings. The van der Waals surface area contributed by atoms with Gasteiger partial charge in [-0.2, -0.15) is 0 Å². The van der Waals surface area contributed by atoms with Crippen molar-refractivity contribution in [3.8, 4) is 0 Å². The molecule has 0 aliphatic carbocycles. The van der Waals surface area contributed by atoms with Crippen LogP contribution in [0.5, 0.6) is 0 Å². The molecule has 1 aliphatic rings. The molecule has 1 saturated heterocycles. The number of nitrogens with zero attached hydrogens (tertiary/aromatic N) is 4. The van der Waals surface area contributed by atoms with Crippen LogP contribution in [0.2, 0.25) is 0 Å². The predicted octanol–water partition coefficient (Wildman–Crippen LogP) is 3.43. The normalized spacial score (nSPS) is 17.2. The van der Waals surface area contributed by atoms with Gasteiger partial charge < -0.3 is 14.2 Å². The minimum Gasteiger partial charge on any atom is -0.341 e. The predicted molar refractivity (Wildman–Crippen MR) is 116 cm³/mol. The van der Waals surface area contributed by atoms with E-state index in [2.05, 4.69) is 52.2 Å². The Morgan fingerprint density at radius 3 is 2.79 bits per heavy atom. The highest BCUT2D eigenvalue weighted by molar-refractivity contribution is 5.76. The Labute approximate surface area is 173 Å². The second-order valence-electron chi connectivity index (χ2n) is 8.05. The topological polar surface area (TPSA) is 40.9 Å². The number of aromatic nitrogens is 2. The van der Waals surface area contributed by atoms with Crippen molar-refractivity contribution in [2.45, 2.75) is 38.1 Å². The first kappa shape index (κ1) is 19.6. The van der Waals surface area contributed by atoms with Gasteiger partial charge in [-0.3, -0.25) is 4.79 Å². The van der Waals surface area contributed by atoms with Crippen molar-refractivity contribution in [3.05, 3.63) is 72.2 Å². The van der Waals surface area contributed by atoms with Gasteiger partial charge in [-0.1, -0.05) is 36.4 Å². The summed E-state index contributed by atoms with van der Waals surface area (Å²) in [6, 6.07) is 17.0. The minimum absolute atomic E-state index is 0.253. The van der Waals surface area contributed by atoms with Crippen LogP contribution in [0.1, 0.15) is 30.5 Å². The Kier molecular flexibility index (Phi) is 6.25. The van der Waals surface area contributed by atoms with E-state index in [9.17, 15) is 4.79 Å². The highest BCUT2D eigenvalue weighted by Crippen LogP contribution is 2.17. The zero-order valence-corrected chi connectivity index (χ0v) is 17.2. The number of fused-ring (bicyclic) bond motifs is 1. The molecule has 0 saturated carbocycles. The Bertz CT molecular complexity index is 903. The maximum atomic E-state index is 12.8. The lowest BCUT2D eigenvalue weighted by Gasteiger charge is -2.37. The fourth-order valence-electron chi connectivity index (χ4n) is 4.17. The second kappa shape index (κ2) is 9.23. The van der Waals surface area contributed by atoms with E-state index < -0.39 is 0 Å². The standard InChI is InChI=1S/C24H30N4O/c1-26(17-14-20-8-3-2-4-9-20)22-10-7-16-28(19-22)24(29)13-12-21-18-27-15-6-5-11-23(27)25-21/h2-6,8-9,11,15,18,22H,7,10,12-14,16-17,19H2,1H3/t22-/m1/s1. The molecule has 2 aromatic heterocycles. The van der Waals surface area contributed by atoms with E-state index in [0.717, 1.165) is 43.8 Å². The monoisotopic (exact) mass is 390 g/mol. The van der Waals surface area contributed by atoms with Crippen LogP contribution in [-0.4, -0.2) is 57.8 Å². The van der Waals surface area contributed by atoms with E-state index in [0.29, 0.717) is 18.9 Å². The molecule has 152 valence electrons. The summed E-state index contributed by atoms with van der Waals surface area (Å²) in [4.78, 5) is 21.9. The van der Waals surface area contributed by atoms with Crippen molar-refractivity contribution in [1.29, 1.82) is 0 Å². The van der Waals surface area contributed by atoms with Gasteiger partial charge in [0.15, 0.2) is 0 Å². The molecule has 0 N–H and O–H groups in total. The van der Waals surface area contributed by atoms with Crippen LogP contribution in [0.3, 0.4) is 0 Å². The summed E-state index contributed by atoms with van der Waals surface area (Å²) >= 11 is 0. The van der Waals surface area contributed by atoms with Crippen molar-refractivity contribution in [2.75, 3.05) is 26.7 Å². The number of carbonyl (C=O) groups excluding carboxylic acids is 1. The molecule has 0 unspecified atom stereocenters. The first-order valence-corrected chi connectivity index (χ1v) is 10.6. The highest BCUT2D eigenvalue weighted by atomic mass is 16.2. The number of aryl methyl sites for hydroxylation is 1. The highest BCUT2D eigenvalue weighted by Gasteiger charge is 2.26. The van der Waals surface area contributed by atoms with Gasteiger partial charge in [0.2, 0.25) is 5.91 Å². The SMILES string of the molecule is CN(CCc1ccccc1)[C@@H]1CCCN(C(=O)CCc2cn3ccccc3n2)C1. The summed E-state index contributed by atoms with van der Waals surface area (Å²) < 4.78 is 2.01. The van der Waals surface area contributed by atoms with E-state index >= 15 is 0 Å².